The molecule has 4 rings (SSSR count). The molecule has 2 aromatic heterocycles. The second-order valence-electron chi connectivity index (χ2n) is 6.97. The number of H-pyrrole nitrogens is 1. The molecule has 160 valence electrons. The summed E-state index contributed by atoms with van der Waals surface area (Å²) in [4.78, 5) is 19.5. The normalized spacial score (nSPS) is 11.3. The van der Waals surface area contributed by atoms with Gasteiger partial charge in [0.05, 0.1) is 12.3 Å². The van der Waals surface area contributed by atoms with Gasteiger partial charge in [0.25, 0.3) is 5.56 Å². The Balaban J connectivity index is 1.49. The first-order valence-corrected chi connectivity index (χ1v) is 11.1. The number of aromatic nitrogens is 3. The number of ether oxygens (including phenoxy) is 2. The summed E-state index contributed by atoms with van der Waals surface area (Å²) >= 11 is 1.71. The third kappa shape index (κ3) is 5.44. The van der Waals surface area contributed by atoms with Crippen LogP contribution < -0.4 is 5.56 Å². The third-order valence-electron chi connectivity index (χ3n) is 4.73. The van der Waals surface area contributed by atoms with E-state index in [0.717, 1.165) is 22.4 Å². The second-order valence-corrected chi connectivity index (χ2v) is 8.12. The van der Waals surface area contributed by atoms with Gasteiger partial charge in [-0.15, -0.1) is 0 Å². The van der Waals surface area contributed by atoms with Crippen molar-refractivity contribution in [1.82, 2.24) is 14.6 Å². The molecule has 0 unspecified atom stereocenters. The fourth-order valence-electron chi connectivity index (χ4n) is 3.23. The van der Waals surface area contributed by atoms with E-state index in [9.17, 15) is 4.79 Å². The van der Waals surface area contributed by atoms with Gasteiger partial charge >= 0.3 is 0 Å². The van der Waals surface area contributed by atoms with E-state index >= 15 is 0 Å². The van der Waals surface area contributed by atoms with Gasteiger partial charge in [-0.05, 0) is 43.2 Å². The molecule has 1 N–H and O–H groups in total. The first-order chi connectivity index (χ1) is 15.2. The molecule has 2 aromatic carbocycles. The molecule has 0 amide bonds. The summed E-state index contributed by atoms with van der Waals surface area (Å²) in [6, 6.07) is 20.0. The minimum absolute atomic E-state index is 0.152. The van der Waals surface area contributed by atoms with Gasteiger partial charge in [0.2, 0.25) is 0 Å². The summed E-state index contributed by atoms with van der Waals surface area (Å²) < 4.78 is 12.4. The molecule has 0 fully saturated rings. The molecule has 0 aliphatic rings. The number of hydrogen-bond donors (Lipinski definition) is 1. The molecule has 0 aliphatic heterocycles. The quantitative estimate of drug-likeness (QED) is 0.363. The van der Waals surface area contributed by atoms with Gasteiger partial charge in [0, 0.05) is 47.4 Å². The van der Waals surface area contributed by atoms with Crippen molar-refractivity contribution in [3.63, 3.8) is 0 Å². The lowest BCUT2D eigenvalue weighted by atomic mass is 10.1. The van der Waals surface area contributed by atoms with Crippen LogP contribution in [-0.2, 0) is 16.1 Å². The number of fused-ring (bicyclic) bond motifs is 1. The lowest BCUT2D eigenvalue weighted by molar-refractivity contribution is 0.0788. The van der Waals surface area contributed by atoms with Crippen molar-refractivity contribution < 1.29 is 9.47 Å². The van der Waals surface area contributed by atoms with E-state index in [2.05, 4.69) is 46.5 Å². The standard InChI is InChI=1S/C24H25N3O3S/c1-2-29-13-6-14-30-17-19-15-23(28)27-24(26-19)22(16-25-27)18-9-11-21(12-10-18)31-20-7-4-3-5-8-20/h3-5,7-12,15-16,25H,2,6,13-14,17H2,1H3. The lowest BCUT2D eigenvalue weighted by Gasteiger charge is -2.06. The second kappa shape index (κ2) is 10.4. The molecular formula is C24H25N3O3S. The third-order valence-corrected chi connectivity index (χ3v) is 5.74. The number of rotatable bonds is 10. The highest BCUT2D eigenvalue weighted by atomic mass is 32.2. The van der Waals surface area contributed by atoms with Gasteiger partial charge in [-0.2, -0.15) is 0 Å². The van der Waals surface area contributed by atoms with E-state index in [4.69, 9.17) is 9.47 Å². The number of benzene rings is 2. The Labute approximate surface area is 185 Å². The zero-order chi connectivity index (χ0) is 21.5. The van der Waals surface area contributed by atoms with E-state index in [1.165, 1.54) is 15.5 Å². The van der Waals surface area contributed by atoms with Crippen LogP contribution in [0.5, 0.6) is 0 Å². The maximum atomic E-state index is 12.5. The number of hydrogen-bond acceptors (Lipinski definition) is 5. The summed E-state index contributed by atoms with van der Waals surface area (Å²) in [7, 11) is 0. The van der Waals surface area contributed by atoms with Gasteiger partial charge in [-0.1, -0.05) is 42.1 Å². The zero-order valence-electron chi connectivity index (χ0n) is 17.4. The number of nitrogens with one attached hydrogen (secondary N) is 1. The van der Waals surface area contributed by atoms with Gasteiger partial charge in [0.15, 0.2) is 5.65 Å². The summed E-state index contributed by atoms with van der Waals surface area (Å²) in [5.74, 6) is 0. The topological polar surface area (TPSA) is 68.6 Å². The zero-order valence-corrected chi connectivity index (χ0v) is 18.2. The smallest absolute Gasteiger partial charge is 0.272 e. The fraction of sp³-hybridized carbons (Fsp3) is 0.250. The molecule has 0 aliphatic carbocycles. The summed E-state index contributed by atoms with van der Waals surface area (Å²) in [5, 5.41) is 3.01. The number of nitrogens with zero attached hydrogens (tertiary/aromatic N) is 2. The Morgan fingerprint density at radius 2 is 1.74 bits per heavy atom. The Bertz CT molecular complexity index is 1170. The predicted octanol–water partition coefficient (Wildman–Crippen LogP) is 4.78. The molecule has 6 nitrogen and oxygen atoms in total. The summed E-state index contributed by atoms with van der Waals surface area (Å²) in [5.41, 5.74) is 2.95. The van der Waals surface area contributed by atoms with E-state index in [0.29, 0.717) is 37.8 Å². The van der Waals surface area contributed by atoms with Gasteiger partial charge in [0.1, 0.15) is 0 Å². The largest absolute Gasteiger partial charge is 0.382 e. The average Bonchev–Trinajstić information content (AvgIpc) is 3.22. The highest BCUT2D eigenvalue weighted by molar-refractivity contribution is 7.99. The molecule has 0 saturated heterocycles. The van der Waals surface area contributed by atoms with Crippen molar-refractivity contribution in [2.45, 2.75) is 29.7 Å². The van der Waals surface area contributed by atoms with Crippen molar-refractivity contribution in [2.75, 3.05) is 19.8 Å². The molecule has 7 heteroatoms. The van der Waals surface area contributed by atoms with Gasteiger partial charge in [-0.3, -0.25) is 9.89 Å². The van der Waals surface area contributed by atoms with Crippen LogP contribution in [0.2, 0.25) is 0 Å². The van der Waals surface area contributed by atoms with E-state index in [1.807, 2.05) is 31.3 Å². The highest BCUT2D eigenvalue weighted by Gasteiger charge is 2.11. The van der Waals surface area contributed by atoms with Gasteiger partial charge in [-0.25, -0.2) is 9.50 Å². The average molecular weight is 436 g/mol. The van der Waals surface area contributed by atoms with E-state index in [-0.39, 0.29) is 5.56 Å². The van der Waals surface area contributed by atoms with Crippen molar-refractivity contribution in [3.05, 3.63) is 82.9 Å². The van der Waals surface area contributed by atoms with E-state index in [1.54, 1.807) is 11.8 Å². The SMILES string of the molecule is CCOCCCOCc1cc(=O)n2[nH]cc(-c3ccc(Sc4ccccc4)cc3)c2n1. The van der Waals surface area contributed by atoms with Crippen LogP contribution in [0.25, 0.3) is 16.8 Å². The Morgan fingerprint density at radius 1 is 1.00 bits per heavy atom. The first-order valence-electron chi connectivity index (χ1n) is 10.3. The molecular weight excluding hydrogens is 410 g/mol. The summed E-state index contributed by atoms with van der Waals surface area (Å²) in [6.45, 7) is 4.22. The van der Waals surface area contributed by atoms with Crippen molar-refractivity contribution >= 4 is 17.4 Å². The van der Waals surface area contributed by atoms with Crippen LogP contribution >= 0.6 is 11.8 Å². The molecule has 0 bridgehead atoms. The predicted molar refractivity (Wildman–Crippen MR) is 123 cm³/mol. The maximum absolute atomic E-state index is 12.5. The molecule has 0 radical (unpaired) electrons. The van der Waals surface area contributed by atoms with Crippen LogP contribution in [0.15, 0.2) is 81.4 Å². The monoisotopic (exact) mass is 435 g/mol. The molecule has 0 saturated carbocycles. The van der Waals surface area contributed by atoms with Crippen LogP contribution in [0.4, 0.5) is 0 Å². The highest BCUT2D eigenvalue weighted by Crippen LogP contribution is 2.30. The van der Waals surface area contributed by atoms with Crippen LogP contribution in [0.1, 0.15) is 19.0 Å². The molecule has 0 atom stereocenters. The fourth-order valence-corrected chi connectivity index (χ4v) is 4.06. The van der Waals surface area contributed by atoms with Crippen molar-refractivity contribution in [1.29, 1.82) is 0 Å². The minimum atomic E-state index is -0.152. The summed E-state index contributed by atoms with van der Waals surface area (Å²) in [6.07, 6.45) is 2.63. The van der Waals surface area contributed by atoms with Crippen LogP contribution in [-0.4, -0.2) is 34.4 Å². The number of aromatic amines is 1. The Hall–Kier alpha value is -2.87. The molecule has 31 heavy (non-hydrogen) atoms. The van der Waals surface area contributed by atoms with Gasteiger partial charge < -0.3 is 9.47 Å². The van der Waals surface area contributed by atoms with E-state index < -0.39 is 0 Å². The molecule has 4 aromatic rings. The molecule has 2 heterocycles. The van der Waals surface area contributed by atoms with Crippen molar-refractivity contribution in [3.8, 4) is 11.1 Å². The first kappa shape index (κ1) is 21.4. The minimum Gasteiger partial charge on any atom is -0.382 e. The maximum Gasteiger partial charge on any atom is 0.272 e. The van der Waals surface area contributed by atoms with Crippen LogP contribution in [0, 0.1) is 0 Å². The van der Waals surface area contributed by atoms with Crippen LogP contribution in [0.3, 0.4) is 0 Å². The molecule has 0 spiro atoms. The lowest BCUT2D eigenvalue weighted by Crippen LogP contribution is -2.16. The van der Waals surface area contributed by atoms with Crippen molar-refractivity contribution in [2.24, 2.45) is 0 Å². The Kier molecular flexibility index (Phi) is 7.19. The Morgan fingerprint density at radius 3 is 2.52 bits per heavy atom.